The smallest absolute Gasteiger partial charge is 0.332 e. The highest BCUT2D eigenvalue weighted by atomic mass is 32.1. The first kappa shape index (κ1) is 22.3. The van der Waals surface area contributed by atoms with Gasteiger partial charge in [-0.3, -0.25) is 23.6 Å². The lowest BCUT2D eigenvalue weighted by atomic mass is 10.1. The number of aliphatic hydroxyl groups excluding tert-OH is 1. The van der Waals surface area contributed by atoms with Crippen molar-refractivity contribution in [2.45, 2.75) is 32.5 Å². The van der Waals surface area contributed by atoms with Gasteiger partial charge in [-0.05, 0) is 26.0 Å². The molecular weight excluding hydrogens is 460 g/mol. The maximum absolute atomic E-state index is 13.6. The topological polar surface area (TPSA) is 138 Å². The van der Waals surface area contributed by atoms with E-state index in [0.29, 0.717) is 15.2 Å². The zero-order chi connectivity index (χ0) is 24.3. The van der Waals surface area contributed by atoms with E-state index < -0.39 is 23.3 Å². The molecule has 5 rings (SSSR count). The van der Waals surface area contributed by atoms with E-state index in [4.69, 9.17) is 10.6 Å². The van der Waals surface area contributed by atoms with Crippen molar-refractivity contribution in [2.24, 2.45) is 7.05 Å². The molecule has 0 radical (unpaired) electrons. The maximum atomic E-state index is 13.6. The van der Waals surface area contributed by atoms with Gasteiger partial charge in [-0.25, -0.2) is 14.8 Å². The number of hydrogen-bond acceptors (Lipinski definition) is 8. The number of hydroxylamine groups is 2. The number of nitrogen functional groups attached to an aromatic ring is 1. The van der Waals surface area contributed by atoms with E-state index in [1.165, 1.54) is 23.0 Å². The van der Waals surface area contributed by atoms with Gasteiger partial charge in [0, 0.05) is 18.0 Å². The van der Waals surface area contributed by atoms with E-state index in [-0.39, 0.29) is 42.6 Å². The third-order valence-corrected chi connectivity index (χ3v) is 7.11. The van der Waals surface area contributed by atoms with Crippen LogP contribution in [0.2, 0.25) is 0 Å². The van der Waals surface area contributed by atoms with E-state index in [2.05, 4.69) is 4.98 Å². The van der Waals surface area contributed by atoms with Crippen molar-refractivity contribution in [1.29, 1.82) is 0 Å². The second-order valence-electron chi connectivity index (χ2n) is 8.55. The summed E-state index contributed by atoms with van der Waals surface area (Å²) >= 11 is 1.20. The van der Waals surface area contributed by atoms with Gasteiger partial charge in [0.05, 0.1) is 35.1 Å². The summed E-state index contributed by atoms with van der Waals surface area (Å²) in [6.07, 6.45) is -0.817. The van der Waals surface area contributed by atoms with Crippen molar-refractivity contribution in [3.8, 4) is 0 Å². The predicted octanol–water partition coefficient (Wildman–Crippen LogP) is 1.07. The minimum atomic E-state index is -0.817. The second kappa shape index (κ2) is 8.08. The number of hydrogen-bond donors (Lipinski definition) is 2. The van der Waals surface area contributed by atoms with Crippen LogP contribution in [-0.4, -0.2) is 54.0 Å². The Morgan fingerprint density at radius 2 is 2.06 bits per heavy atom. The van der Waals surface area contributed by atoms with Crippen LogP contribution in [0.5, 0.6) is 0 Å². The molecule has 3 aromatic heterocycles. The Kier molecular flexibility index (Phi) is 5.30. The normalized spacial score (nSPS) is 16.4. The lowest BCUT2D eigenvalue weighted by Gasteiger charge is -2.16. The van der Waals surface area contributed by atoms with Gasteiger partial charge in [-0.15, -0.1) is 11.3 Å². The van der Waals surface area contributed by atoms with Gasteiger partial charge in [0.1, 0.15) is 17.5 Å². The van der Waals surface area contributed by atoms with E-state index >= 15 is 0 Å². The Morgan fingerprint density at radius 1 is 1.32 bits per heavy atom. The van der Waals surface area contributed by atoms with Crippen molar-refractivity contribution in [3.63, 3.8) is 0 Å². The molecule has 0 bridgehead atoms. The molecule has 178 valence electrons. The summed E-state index contributed by atoms with van der Waals surface area (Å²) in [7, 11) is 1.39. The first-order valence-corrected chi connectivity index (χ1v) is 11.6. The minimum Gasteiger partial charge on any atom is -0.389 e. The molecular formula is C22H24N6O5S. The molecule has 4 aromatic rings. The van der Waals surface area contributed by atoms with Crippen LogP contribution in [0.15, 0.2) is 33.9 Å². The Balaban J connectivity index is 1.80. The van der Waals surface area contributed by atoms with Crippen LogP contribution in [-0.2, 0) is 18.4 Å². The van der Waals surface area contributed by atoms with Crippen LogP contribution < -0.4 is 17.0 Å². The molecule has 1 aliphatic heterocycles. The number of nitrogens with zero attached hydrogens (tertiary/aromatic N) is 5. The number of imidazole rings is 1. The molecule has 0 spiro atoms. The summed E-state index contributed by atoms with van der Waals surface area (Å²) < 4.78 is 4.28. The third kappa shape index (κ3) is 3.33. The summed E-state index contributed by atoms with van der Waals surface area (Å²) in [4.78, 5) is 50.5. The SMILES string of the molecule is CC(C)n1c(=O)n(C)c(=O)c2c(C(=O)N3C[C@H](O)CO3)c(Cn3c(N)nc4ccccc43)sc21. The largest absolute Gasteiger partial charge is 0.389 e. The van der Waals surface area contributed by atoms with E-state index in [1.54, 1.807) is 4.57 Å². The number of amides is 1. The van der Waals surface area contributed by atoms with E-state index in [1.807, 2.05) is 38.1 Å². The number of aliphatic hydroxyl groups is 1. The Morgan fingerprint density at radius 3 is 2.74 bits per heavy atom. The molecule has 1 atom stereocenters. The number of thiophene rings is 1. The molecule has 1 fully saturated rings. The summed E-state index contributed by atoms with van der Waals surface area (Å²) in [6.45, 7) is 3.81. The highest BCUT2D eigenvalue weighted by Crippen LogP contribution is 2.33. The average Bonchev–Trinajstić information content (AvgIpc) is 3.47. The highest BCUT2D eigenvalue weighted by molar-refractivity contribution is 7.19. The molecule has 11 nitrogen and oxygen atoms in total. The molecule has 0 unspecified atom stereocenters. The standard InChI is InChI=1S/C22H24N6O5S/c1-11(2)28-20-17(18(30)25(3)22(28)32)16(19(31)27-8-12(29)10-33-27)15(34-20)9-26-14-7-5-4-6-13(14)24-21(26)23/h4-7,11-12,29H,8-10H2,1-3H3,(H2,23,24)/t12-/m0/s1. The molecule has 0 aliphatic carbocycles. The number of aromatic nitrogens is 4. The van der Waals surface area contributed by atoms with Gasteiger partial charge in [-0.2, -0.15) is 0 Å². The van der Waals surface area contributed by atoms with Crippen molar-refractivity contribution in [1.82, 2.24) is 23.7 Å². The van der Waals surface area contributed by atoms with Crippen LogP contribution >= 0.6 is 11.3 Å². The van der Waals surface area contributed by atoms with E-state index in [0.717, 1.165) is 15.1 Å². The molecule has 1 aromatic carbocycles. The molecule has 12 heteroatoms. The molecule has 1 saturated heterocycles. The van der Waals surface area contributed by atoms with Gasteiger partial charge < -0.3 is 15.4 Å². The quantitative estimate of drug-likeness (QED) is 0.442. The van der Waals surface area contributed by atoms with Crippen molar-refractivity contribution >= 4 is 44.4 Å². The van der Waals surface area contributed by atoms with Gasteiger partial charge in [0.2, 0.25) is 5.95 Å². The minimum absolute atomic E-state index is 0.0169. The Labute approximate surface area is 197 Å². The number of fused-ring (bicyclic) bond motifs is 2. The van der Waals surface area contributed by atoms with E-state index in [9.17, 15) is 19.5 Å². The van der Waals surface area contributed by atoms with Gasteiger partial charge in [0.25, 0.3) is 11.5 Å². The Hall–Kier alpha value is -3.48. The van der Waals surface area contributed by atoms with Gasteiger partial charge in [0.15, 0.2) is 0 Å². The molecule has 34 heavy (non-hydrogen) atoms. The number of rotatable bonds is 4. The lowest BCUT2D eigenvalue weighted by molar-refractivity contribution is -0.0778. The summed E-state index contributed by atoms with van der Waals surface area (Å²) in [5.74, 6) is -0.286. The van der Waals surface area contributed by atoms with Gasteiger partial charge in [-0.1, -0.05) is 12.1 Å². The monoisotopic (exact) mass is 484 g/mol. The first-order valence-electron chi connectivity index (χ1n) is 10.8. The zero-order valence-electron chi connectivity index (χ0n) is 18.9. The molecule has 4 heterocycles. The number of anilines is 1. The second-order valence-corrected chi connectivity index (χ2v) is 9.64. The fraction of sp³-hybridized carbons (Fsp3) is 0.364. The Bertz CT molecular complexity index is 1560. The third-order valence-electron chi connectivity index (χ3n) is 5.93. The van der Waals surface area contributed by atoms with Crippen LogP contribution in [0, 0.1) is 0 Å². The highest BCUT2D eigenvalue weighted by Gasteiger charge is 2.33. The van der Waals surface area contributed by atoms with Crippen molar-refractivity contribution < 1.29 is 14.7 Å². The lowest BCUT2D eigenvalue weighted by Crippen LogP contribution is -2.39. The fourth-order valence-corrected chi connectivity index (χ4v) is 5.67. The fourth-order valence-electron chi connectivity index (χ4n) is 4.27. The molecule has 0 saturated carbocycles. The maximum Gasteiger partial charge on any atom is 0.332 e. The first-order chi connectivity index (χ1) is 16.2. The van der Waals surface area contributed by atoms with Crippen molar-refractivity contribution in [2.75, 3.05) is 18.9 Å². The summed E-state index contributed by atoms with van der Waals surface area (Å²) in [5.41, 5.74) is 6.80. The van der Waals surface area contributed by atoms with Crippen LogP contribution in [0.4, 0.5) is 5.95 Å². The molecule has 1 amide bonds. The summed E-state index contributed by atoms with van der Waals surface area (Å²) in [5, 5.41) is 11.1. The van der Waals surface area contributed by atoms with Crippen LogP contribution in [0.3, 0.4) is 0 Å². The summed E-state index contributed by atoms with van der Waals surface area (Å²) in [6, 6.07) is 7.18. The molecule has 3 N–H and O–H groups in total. The van der Waals surface area contributed by atoms with Crippen molar-refractivity contribution in [3.05, 3.63) is 55.5 Å². The number of carbonyl (C=O) groups excluding carboxylic acids is 1. The van der Waals surface area contributed by atoms with Gasteiger partial charge >= 0.3 is 5.69 Å². The zero-order valence-corrected chi connectivity index (χ0v) is 19.7. The molecule has 1 aliphatic rings. The average molecular weight is 485 g/mol. The number of benzene rings is 1. The predicted molar refractivity (Wildman–Crippen MR) is 128 cm³/mol. The number of β-amino-alcohol motifs (C(OH)–C–C–N with tert-alkyl or cyclic N) is 1. The number of nitrogens with two attached hydrogens (primary N) is 1. The van der Waals surface area contributed by atoms with Crippen LogP contribution in [0.25, 0.3) is 21.3 Å². The van der Waals surface area contributed by atoms with Crippen LogP contribution in [0.1, 0.15) is 35.1 Å². The number of carbonyl (C=O) groups is 1. The number of para-hydroxylation sites is 2.